The molecule has 0 aliphatic carbocycles. The first-order valence-electron chi connectivity index (χ1n) is 8.13. The van der Waals surface area contributed by atoms with Crippen molar-refractivity contribution in [1.82, 2.24) is 0 Å². The molecule has 2 rings (SSSR count). The van der Waals surface area contributed by atoms with E-state index in [2.05, 4.69) is 13.8 Å². The van der Waals surface area contributed by atoms with Crippen LogP contribution in [0.3, 0.4) is 0 Å². The van der Waals surface area contributed by atoms with Crippen molar-refractivity contribution in [2.75, 3.05) is 19.5 Å². The summed E-state index contributed by atoms with van der Waals surface area (Å²) in [5.41, 5.74) is 1.96. The summed E-state index contributed by atoms with van der Waals surface area (Å²) in [6.45, 7) is 6.63. The lowest BCUT2D eigenvalue weighted by Crippen LogP contribution is -2.45. The topological polar surface area (TPSA) is 61.8 Å². The van der Waals surface area contributed by atoms with Gasteiger partial charge in [-0.05, 0) is 24.8 Å². The smallest absolute Gasteiger partial charge is 0.264 e. The van der Waals surface area contributed by atoms with Crippen LogP contribution in [0.25, 0.3) is 0 Å². The van der Waals surface area contributed by atoms with E-state index in [-0.39, 0.29) is 0 Å². The Morgan fingerprint density at radius 3 is 2.08 bits per heavy atom. The largest absolute Gasteiger partial charge is 0.340 e. The minimum absolute atomic E-state index is 0.325. The van der Waals surface area contributed by atoms with Crippen LogP contribution in [0.5, 0.6) is 0 Å². The van der Waals surface area contributed by atoms with Crippen LogP contribution in [-0.4, -0.2) is 34.0 Å². The lowest BCUT2D eigenvalue weighted by molar-refractivity contribution is -0.271. The van der Waals surface area contributed by atoms with Crippen LogP contribution in [0, 0.1) is 5.92 Å². The molecule has 24 heavy (non-hydrogen) atoms. The third-order valence-corrected chi connectivity index (χ3v) is 4.45. The van der Waals surface area contributed by atoms with Crippen LogP contribution < -0.4 is 0 Å². The van der Waals surface area contributed by atoms with Gasteiger partial charge in [0, 0.05) is 5.56 Å². The van der Waals surface area contributed by atoms with Crippen LogP contribution in [0.1, 0.15) is 31.9 Å². The van der Waals surface area contributed by atoms with Crippen LogP contribution in [0.15, 0.2) is 36.4 Å². The maximum Gasteiger partial charge on any atom is 0.264 e. The first-order chi connectivity index (χ1) is 11.2. The van der Waals surface area contributed by atoms with Gasteiger partial charge in [-0.25, -0.2) is 0 Å². The van der Waals surface area contributed by atoms with Crippen molar-refractivity contribution in [2.24, 2.45) is 5.92 Å². The van der Waals surface area contributed by atoms with Gasteiger partial charge in [0.25, 0.3) is 10.1 Å². The maximum absolute atomic E-state index is 11.6. The highest BCUT2D eigenvalue weighted by Gasteiger charge is 2.43. The molecular formula is C18H26O5S. The van der Waals surface area contributed by atoms with E-state index in [9.17, 15) is 8.42 Å². The van der Waals surface area contributed by atoms with Gasteiger partial charge in [-0.2, -0.15) is 8.42 Å². The quantitative estimate of drug-likeness (QED) is 0.580. The Labute approximate surface area is 144 Å². The van der Waals surface area contributed by atoms with E-state index in [1.54, 1.807) is 6.92 Å². The Morgan fingerprint density at radius 2 is 1.62 bits per heavy atom. The summed E-state index contributed by atoms with van der Waals surface area (Å²) in [5, 5.41) is 0. The molecule has 6 heteroatoms. The molecule has 1 aromatic rings. The van der Waals surface area contributed by atoms with E-state index in [4.69, 9.17) is 13.7 Å². The predicted molar refractivity (Wildman–Crippen MR) is 93.1 cm³/mol. The molecule has 134 valence electrons. The fourth-order valence-corrected chi connectivity index (χ4v) is 3.48. The molecule has 0 saturated heterocycles. The van der Waals surface area contributed by atoms with Crippen molar-refractivity contribution in [1.29, 1.82) is 0 Å². The van der Waals surface area contributed by atoms with Crippen molar-refractivity contribution in [3.05, 3.63) is 47.5 Å². The van der Waals surface area contributed by atoms with E-state index in [1.807, 2.05) is 36.4 Å². The van der Waals surface area contributed by atoms with Crippen molar-refractivity contribution in [3.8, 4) is 0 Å². The van der Waals surface area contributed by atoms with E-state index in [1.165, 1.54) is 5.56 Å². The third kappa shape index (κ3) is 4.89. The molecule has 0 amide bonds. The zero-order valence-corrected chi connectivity index (χ0v) is 15.5. The van der Waals surface area contributed by atoms with Crippen LogP contribution in [0.4, 0.5) is 0 Å². The lowest BCUT2D eigenvalue weighted by atomic mass is 9.96. The Balaban J connectivity index is 2.35. The summed E-state index contributed by atoms with van der Waals surface area (Å²) in [7, 11) is -3.64. The summed E-state index contributed by atoms with van der Waals surface area (Å²) < 4.78 is 40.1. The predicted octanol–water partition coefficient (Wildman–Crippen LogP) is 3.01. The summed E-state index contributed by atoms with van der Waals surface area (Å²) in [6, 6.07) is 7.89. The van der Waals surface area contributed by atoms with Crippen molar-refractivity contribution >= 4 is 10.1 Å². The molecule has 0 spiro atoms. The van der Waals surface area contributed by atoms with Crippen LogP contribution in [0.2, 0.25) is 0 Å². The molecule has 1 heterocycles. The molecule has 0 N–H and O–H groups in total. The zero-order chi connectivity index (χ0) is 17.8. The highest BCUT2D eigenvalue weighted by Crippen LogP contribution is 2.35. The van der Waals surface area contributed by atoms with Gasteiger partial charge in [-0.15, -0.1) is 0 Å². The van der Waals surface area contributed by atoms with E-state index in [0.29, 0.717) is 19.1 Å². The van der Waals surface area contributed by atoms with Crippen LogP contribution >= 0.6 is 0 Å². The lowest BCUT2D eigenvalue weighted by Gasteiger charge is -2.37. The Morgan fingerprint density at radius 1 is 1.08 bits per heavy atom. The molecule has 0 bridgehead atoms. The molecule has 1 unspecified atom stereocenters. The molecular weight excluding hydrogens is 328 g/mol. The fourth-order valence-electron chi connectivity index (χ4n) is 2.83. The SMILES string of the molecule is CC(C)Cc1ccc(C2(C(C)OS(C)(=O)=O)OCC=CCO2)cc1. The average Bonchev–Trinajstić information content (AvgIpc) is 2.72. The molecule has 1 aliphatic heterocycles. The maximum atomic E-state index is 11.6. The van der Waals surface area contributed by atoms with E-state index < -0.39 is 22.0 Å². The Hall–Kier alpha value is -1.21. The highest BCUT2D eigenvalue weighted by atomic mass is 32.2. The van der Waals surface area contributed by atoms with Gasteiger partial charge in [0.2, 0.25) is 5.79 Å². The average molecular weight is 354 g/mol. The number of hydrogen-bond donors (Lipinski definition) is 0. The summed E-state index contributed by atoms with van der Waals surface area (Å²) in [4.78, 5) is 0. The second-order valence-electron chi connectivity index (χ2n) is 6.50. The van der Waals surface area contributed by atoms with Gasteiger partial charge in [-0.1, -0.05) is 50.3 Å². The summed E-state index contributed by atoms with van der Waals surface area (Å²) >= 11 is 0. The minimum Gasteiger partial charge on any atom is -0.340 e. The molecule has 0 radical (unpaired) electrons. The van der Waals surface area contributed by atoms with Gasteiger partial charge in [0.1, 0.15) is 6.10 Å². The monoisotopic (exact) mass is 354 g/mol. The van der Waals surface area contributed by atoms with Crippen molar-refractivity contribution in [2.45, 2.75) is 39.1 Å². The normalized spacial score (nSPS) is 19.2. The molecule has 0 saturated carbocycles. The van der Waals surface area contributed by atoms with E-state index in [0.717, 1.165) is 18.2 Å². The molecule has 5 nitrogen and oxygen atoms in total. The van der Waals surface area contributed by atoms with Gasteiger partial charge in [0.05, 0.1) is 19.5 Å². The van der Waals surface area contributed by atoms with Gasteiger partial charge in [-0.3, -0.25) is 4.18 Å². The van der Waals surface area contributed by atoms with Gasteiger partial charge >= 0.3 is 0 Å². The van der Waals surface area contributed by atoms with E-state index >= 15 is 0 Å². The van der Waals surface area contributed by atoms with Gasteiger partial charge in [0.15, 0.2) is 0 Å². The molecule has 0 aromatic heterocycles. The summed E-state index contributed by atoms with van der Waals surface area (Å²) in [6.07, 6.45) is 4.89. The van der Waals surface area contributed by atoms with Gasteiger partial charge < -0.3 is 9.47 Å². The van der Waals surface area contributed by atoms with Crippen molar-refractivity contribution in [3.63, 3.8) is 0 Å². The highest BCUT2D eigenvalue weighted by molar-refractivity contribution is 7.86. The number of rotatable bonds is 6. The fraction of sp³-hybridized carbons (Fsp3) is 0.556. The minimum atomic E-state index is -3.64. The first-order valence-corrected chi connectivity index (χ1v) is 9.95. The Kier molecular flexibility index (Phi) is 6.20. The van der Waals surface area contributed by atoms with Crippen LogP contribution in [-0.2, 0) is 36.0 Å². The third-order valence-electron chi connectivity index (χ3n) is 3.81. The number of ether oxygens (including phenoxy) is 2. The second-order valence-corrected chi connectivity index (χ2v) is 8.10. The standard InChI is InChI=1S/C18H26O5S/c1-14(2)13-16-7-9-17(10-8-16)18(15(3)23-24(4,19)20)21-11-5-6-12-22-18/h5-10,14-15H,11-13H2,1-4H3. The molecule has 1 aliphatic rings. The number of hydrogen-bond acceptors (Lipinski definition) is 5. The Bertz CT molecular complexity index is 651. The van der Waals surface area contributed by atoms with Crippen molar-refractivity contribution < 1.29 is 22.1 Å². The molecule has 1 aromatic carbocycles. The summed E-state index contributed by atoms with van der Waals surface area (Å²) in [5.74, 6) is -0.699. The molecule has 0 fully saturated rings. The molecule has 1 atom stereocenters. The second kappa shape index (κ2) is 7.78. The first kappa shape index (κ1) is 19.1. The zero-order valence-electron chi connectivity index (χ0n) is 14.7. The number of benzene rings is 1.